The second-order valence-electron chi connectivity index (χ2n) is 4.22. The molecule has 0 spiro atoms. The molecule has 0 saturated carbocycles. The number of hydrogen-bond acceptors (Lipinski definition) is 4. The van der Waals surface area contributed by atoms with Gasteiger partial charge in [-0.05, 0) is 12.0 Å². The maximum absolute atomic E-state index is 13.6. The molecule has 1 rings (SSSR count). The van der Waals surface area contributed by atoms with E-state index in [9.17, 15) is 23.7 Å². The summed E-state index contributed by atoms with van der Waals surface area (Å²) in [4.78, 5) is 20.8. The van der Waals surface area contributed by atoms with Crippen LogP contribution in [0.2, 0.25) is 0 Å². The van der Waals surface area contributed by atoms with E-state index in [0.29, 0.717) is 6.07 Å². The molecule has 0 aliphatic heterocycles. The predicted octanol–water partition coefficient (Wildman–Crippen LogP) is 2.39. The lowest BCUT2D eigenvalue weighted by Gasteiger charge is -2.19. The van der Waals surface area contributed by atoms with Crippen LogP contribution in [0.4, 0.5) is 20.2 Å². The van der Waals surface area contributed by atoms with Gasteiger partial charge in [-0.1, -0.05) is 13.8 Å². The summed E-state index contributed by atoms with van der Waals surface area (Å²) in [7, 11) is 0. The molecular weight excluding hydrogens is 262 g/mol. The number of nitrogens with zero attached hydrogens (tertiary/aromatic N) is 1. The Balaban J connectivity index is 3.28. The summed E-state index contributed by atoms with van der Waals surface area (Å²) in [5.74, 6) is -4.55. The Hall–Kier alpha value is -2.25. The number of nitrogens with one attached hydrogen (secondary N) is 1. The third-order valence-corrected chi connectivity index (χ3v) is 2.50. The van der Waals surface area contributed by atoms with E-state index in [1.165, 1.54) is 13.8 Å². The predicted molar refractivity (Wildman–Crippen MR) is 62.9 cm³/mol. The molecule has 0 radical (unpaired) electrons. The molecule has 104 valence electrons. The van der Waals surface area contributed by atoms with Gasteiger partial charge in [0.05, 0.1) is 4.92 Å². The Kier molecular flexibility index (Phi) is 4.36. The lowest BCUT2D eigenvalue weighted by molar-refractivity contribution is -0.384. The van der Waals surface area contributed by atoms with Crippen molar-refractivity contribution in [1.82, 2.24) is 0 Å². The number of carbonyl (C=O) groups is 1. The van der Waals surface area contributed by atoms with E-state index >= 15 is 0 Å². The van der Waals surface area contributed by atoms with Crippen molar-refractivity contribution in [3.63, 3.8) is 0 Å². The minimum Gasteiger partial charge on any atom is -0.480 e. The second-order valence-corrected chi connectivity index (χ2v) is 4.22. The molecule has 1 atom stereocenters. The van der Waals surface area contributed by atoms with Crippen LogP contribution in [-0.2, 0) is 4.79 Å². The van der Waals surface area contributed by atoms with Crippen molar-refractivity contribution in [2.45, 2.75) is 19.9 Å². The average molecular weight is 274 g/mol. The zero-order chi connectivity index (χ0) is 14.7. The second kappa shape index (κ2) is 5.59. The van der Waals surface area contributed by atoms with E-state index in [4.69, 9.17) is 5.11 Å². The number of aliphatic carboxylic acids is 1. The largest absolute Gasteiger partial charge is 0.480 e. The van der Waals surface area contributed by atoms with Crippen LogP contribution >= 0.6 is 0 Å². The van der Waals surface area contributed by atoms with E-state index in [1.807, 2.05) is 0 Å². The molecule has 0 bridgehead atoms. The first kappa shape index (κ1) is 14.8. The van der Waals surface area contributed by atoms with Crippen molar-refractivity contribution < 1.29 is 23.6 Å². The van der Waals surface area contributed by atoms with Gasteiger partial charge in [-0.2, -0.15) is 0 Å². The van der Waals surface area contributed by atoms with Crippen LogP contribution in [-0.4, -0.2) is 22.0 Å². The Labute approximate surface area is 107 Å². The van der Waals surface area contributed by atoms with Crippen LogP contribution in [0, 0.1) is 27.7 Å². The van der Waals surface area contributed by atoms with Gasteiger partial charge >= 0.3 is 5.97 Å². The molecule has 1 unspecified atom stereocenters. The zero-order valence-corrected chi connectivity index (χ0v) is 10.2. The van der Waals surface area contributed by atoms with Gasteiger partial charge in [0.1, 0.15) is 6.04 Å². The third kappa shape index (κ3) is 3.15. The molecule has 0 amide bonds. The fourth-order valence-corrected chi connectivity index (χ4v) is 1.50. The van der Waals surface area contributed by atoms with Crippen LogP contribution < -0.4 is 5.32 Å². The fourth-order valence-electron chi connectivity index (χ4n) is 1.50. The topological polar surface area (TPSA) is 92.5 Å². The Morgan fingerprint density at radius 3 is 2.42 bits per heavy atom. The van der Waals surface area contributed by atoms with Crippen LogP contribution in [0.15, 0.2) is 12.1 Å². The molecule has 6 nitrogen and oxygen atoms in total. The van der Waals surface area contributed by atoms with Crippen LogP contribution in [0.3, 0.4) is 0 Å². The van der Waals surface area contributed by atoms with Crippen molar-refractivity contribution in [2.75, 3.05) is 5.32 Å². The van der Waals surface area contributed by atoms with E-state index in [2.05, 4.69) is 5.32 Å². The number of carboxylic acid groups (broad SMARTS) is 1. The molecule has 8 heteroatoms. The third-order valence-electron chi connectivity index (χ3n) is 2.50. The first-order valence-corrected chi connectivity index (χ1v) is 5.37. The standard InChI is InChI=1S/C11H12F2N2O4/c1-5(2)9(11(16)17)14-10-7(15(18)19)4-3-6(12)8(10)13/h3-5,9,14H,1-2H3,(H,16,17). The molecule has 0 aliphatic rings. The maximum Gasteiger partial charge on any atom is 0.326 e. The maximum atomic E-state index is 13.6. The highest BCUT2D eigenvalue weighted by Crippen LogP contribution is 2.30. The number of carboxylic acids is 1. The van der Waals surface area contributed by atoms with Crippen molar-refractivity contribution in [1.29, 1.82) is 0 Å². The molecule has 0 aliphatic carbocycles. The first-order valence-electron chi connectivity index (χ1n) is 5.37. The highest BCUT2D eigenvalue weighted by Gasteiger charge is 2.28. The van der Waals surface area contributed by atoms with Crippen LogP contribution in [0.25, 0.3) is 0 Å². The highest BCUT2D eigenvalue weighted by atomic mass is 19.2. The smallest absolute Gasteiger partial charge is 0.326 e. The Morgan fingerprint density at radius 2 is 2.00 bits per heavy atom. The van der Waals surface area contributed by atoms with E-state index < -0.39 is 45.9 Å². The molecular formula is C11H12F2N2O4. The molecule has 19 heavy (non-hydrogen) atoms. The van der Waals surface area contributed by atoms with Crippen molar-refractivity contribution in [3.8, 4) is 0 Å². The molecule has 0 heterocycles. The lowest BCUT2D eigenvalue weighted by atomic mass is 10.0. The van der Waals surface area contributed by atoms with Gasteiger partial charge in [0.15, 0.2) is 17.3 Å². The Bertz CT molecular complexity index is 520. The number of rotatable bonds is 5. The van der Waals surface area contributed by atoms with E-state index in [1.54, 1.807) is 0 Å². The minimum atomic E-state index is -1.47. The number of hydrogen-bond donors (Lipinski definition) is 2. The van der Waals surface area contributed by atoms with Crippen LogP contribution in [0.5, 0.6) is 0 Å². The fraction of sp³-hybridized carbons (Fsp3) is 0.364. The van der Waals surface area contributed by atoms with Gasteiger partial charge in [-0.3, -0.25) is 10.1 Å². The summed E-state index contributed by atoms with van der Waals surface area (Å²) in [5, 5.41) is 21.9. The molecule has 0 fully saturated rings. The summed E-state index contributed by atoms with van der Waals surface area (Å²) in [6.07, 6.45) is 0. The first-order chi connectivity index (χ1) is 8.75. The summed E-state index contributed by atoms with van der Waals surface area (Å²) in [5.41, 5.74) is -1.48. The molecule has 1 aromatic carbocycles. The lowest BCUT2D eigenvalue weighted by Crippen LogP contribution is -2.35. The highest BCUT2D eigenvalue weighted by molar-refractivity contribution is 5.79. The van der Waals surface area contributed by atoms with Crippen molar-refractivity contribution in [2.24, 2.45) is 5.92 Å². The monoisotopic (exact) mass is 274 g/mol. The van der Waals surface area contributed by atoms with Gasteiger partial charge in [0, 0.05) is 6.07 Å². The summed E-state index contributed by atoms with van der Waals surface area (Å²) in [6.45, 7) is 3.07. The average Bonchev–Trinajstić information content (AvgIpc) is 2.29. The quantitative estimate of drug-likeness (QED) is 0.635. The van der Waals surface area contributed by atoms with E-state index in [0.717, 1.165) is 6.07 Å². The normalized spacial score (nSPS) is 12.3. The number of nitro benzene ring substituents is 1. The molecule has 1 aromatic rings. The van der Waals surface area contributed by atoms with Gasteiger partial charge < -0.3 is 10.4 Å². The van der Waals surface area contributed by atoms with E-state index in [-0.39, 0.29) is 0 Å². The minimum absolute atomic E-state index is 0.472. The summed E-state index contributed by atoms with van der Waals surface area (Å²) >= 11 is 0. The molecule has 0 aromatic heterocycles. The number of nitro groups is 1. The SMILES string of the molecule is CC(C)C(Nc1c([N+](=O)[O-])ccc(F)c1F)C(=O)O. The van der Waals surface area contributed by atoms with Gasteiger partial charge in [0.2, 0.25) is 0 Å². The summed E-state index contributed by atoms with van der Waals surface area (Å²) < 4.78 is 26.7. The van der Waals surface area contributed by atoms with Crippen molar-refractivity contribution in [3.05, 3.63) is 33.9 Å². The Morgan fingerprint density at radius 1 is 1.42 bits per heavy atom. The van der Waals surface area contributed by atoms with Crippen LogP contribution in [0.1, 0.15) is 13.8 Å². The van der Waals surface area contributed by atoms with Crippen molar-refractivity contribution >= 4 is 17.3 Å². The number of anilines is 1. The molecule has 0 saturated heterocycles. The summed E-state index contributed by atoms with van der Waals surface area (Å²) in [6, 6.07) is 0.124. The number of halogens is 2. The zero-order valence-electron chi connectivity index (χ0n) is 10.2. The molecule has 2 N–H and O–H groups in total. The number of benzene rings is 1. The van der Waals surface area contributed by atoms with Gasteiger partial charge in [0.25, 0.3) is 5.69 Å². The van der Waals surface area contributed by atoms with Gasteiger partial charge in [-0.25, -0.2) is 13.6 Å². The van der Waals surface area contributed by atoms with Gasteiger partial charge in [-0.15, -0.1) is 0 Å².